The van der Waals surface area contributed by atoms with Crippen LogP contribution in [0.1, 0.15) is 24.0 Å². The fourth-order valence-electron chi connectivity index (χ4n) is 2.48. The van der Waals surface area contributed by atoms with Crippen LogP contribution in [0.5, 0.6) is 0 Å². The van der Waals surface area contributed by atoms with Crippen molar-refractivity contribution in [1.82, 2.24) is 4.98 Å². The molecule has 0 aromatic carbocycles. The van der Waals surface area contributed by atoms with Crippen molar-refractivity contribution < 1.29 is 13.2 Å². The highest BCUT2D eigenvalue weighted by Crippen LogP contribution is 2.33. The average Bonchev–Trinajstić information content (AvgIpc) is 3.19. The Hall–Kier alpha value is -2.49. The molecule has 0 amide bonds. The third kappa shape index (κ3) is 3.63. The van der Waals surface area contributed by atoms with Crippen molar-refractivity contribution in [3.8, 4) is 12.3 Å². The van der Waals surface area contributed by atoms with Crippen LogP contribution in [0, 0.1) is 12.3 Å². The number of nitrogens with two attached hydrogens (primary N) is 1. The molecule has 3 N–H and O–H groups in total. The van der Waals surface area contributed by atoms with Gasteiger partial charge in [0, 0.05) is 18.5 Å². The van der Waals surface area contributed by atoms with Crippen LogP contribution in [0.4, 0.5) is 10.1 Å². The second-order valence-electron chi connectivity index (χ2n) is 5.69. The molecule has 0 unspecified atom stereocenters. The average molecular weight is 362 g/mol. The molecule has 7 heteroatoms. The van der Waals surface area contributed by atoms with Crippen molar-refractivity contribution in [3.05, 3.63) is 46.7 Å². The normalized spacial score (nSPS) is 13.6. The topological polar surface area (TPSA) is 77.2 Å². The van der Waals surface area contributed by atoms with Crippen molar-refractivity contribution in [2.45, 2.75) is 32.1 Å². The highest BCUT2D eigenvalue weighted by molar-refractivity contribution is 6.30. The van der Waals surface area contributed by atoms with Gasteiger partial charge in [0.25, 0.3) is 0 Å². The lowest BCUT2D eigenvalue weighted by atomic mass is 10.1. The standard InChI is InChI=1S/C18H17ClFN3O2/c1-3-12-15(7-13(21)10(2)20)25-18-14(8-16(19)23-17(12)18)22-9-11-5-4-6-24-11/h1,4-6,8,10,13H,7,9,21H2,2H3,(H,22,23)/t10-,13+/m0/s1. The number of pyridine rings is 1. The summed E-state index contributed by atoms with van der Waals surface area (Å²) in [4.78, 5) is 4.26. The number of halogens is 2. The first kappa shape index (κ1) is 17.3. The van der Waals surface area contributed by atoms with E-state index in [1.165, 1.54) is 6.92 Å². The van der Waals surface area contributed by atoms with Gasteiger partial charge in [0.05, 0.1) is 24.1 Å². The third-order valence-corrected chi connectivity index (χ3v) is 4.06. The Kier molecular flexibility index (Phi) is 4.98. The summed E-state index contributed by atoms with van der Waals surface area (Å²) in [5.41, 5.74) is 7.77. The van der Waals surface area contributed by atoms with Gasteiger partial charge >= 0.3 is 0 Å². The summed E-state index contributed by atoms with van der Waals surface area (Å²) in [5.74, 6) is 3.72. The van der Waals surface area contributed by atoms with Gasteiger partial charge in [-0.05, 0) is 19.1 Å². The van der Waals surface area contributed by atoms with E-state index in [1.54, 1.807) is 18.4 Å². The quantitative estimate of drug-likeness (QED) is 0.514. The Bertz CT molecular complexity index is 913. The first-order chi connectivity index (χ1) is 12.0. The van der Waals surface area contributed by atoms with Crippen LogP contribution in [0.25, 0.3) is 11.1 Å². The number of alkyl halides is 1. The molecule has 3 aromatic rings. The zero-order chi connectivity index (χ0) is 18.0. The molecule has 0 aliphatic carbocycles. The molecular weight excluding hydrogens is 345 g/mol. The Balaban J connectivity index is 2.00. The van der Waals surface area contributed by atoms with Gasteiger partial charge in [-0.1, -0.05) is 17.5 Å². The minimum Gasteiger partial charge on any atom is -0.467 e. The summed E-state index contributed by atoms with van der Waals surface area (Å²) < 4.78 is 24.6. The van der Waals surface area contributed by atoms with Gasteiger partial charge < -0.3 is 19.9 Å². The molecule has 0 aliphatic heterocycles. The number of hydrogen-bond acceptors (Lipinski definition) is 5. The SMILES string of the molecule is C#Cc1c(C[C@@H](N)[C@H](C)F)oc2c(NCc3ccco3)cc(Cl)nc12. The fourth-order valence-corrected chi connectivity index (χ4v) is 2.67. The zero-order valence-electron chi connectivity index (χ0n) is 13.6. The van der Waals surface area contributed by atoms with E-state index in [0.717, 1.165) is 5.76 Å². The van der Waals surface area contributed by atoms with Crippen molar-refractivity contribution in [2.75, 3.05) is 5.32 Å². The first-order valence-electron chi connectivity index (χ1n) is 7.74. The summed E-state index contributed by atoms with van der Waals surface area (Å²) in [6, 6.07) is 4.56. The van der Waals surface area contributed by atoms with E-state index in [2.05, 4.69) is 16.2 Å². The molecule has 0 aliphatic rings. The van der Waals surface area contributed by atoms with Gasteiger partial charge in [0.15, 0.2) is 5.58 Å². The number of aromatic nitrogens is 1. The van der Waals surface area contributed by atoms with E-state index in [4.69, 9.17) is 32.6 Å². The van der Waals surface area contributed by atoms with E-state index in [1.807, 2.05) is 6.07 Å². The van der Waals surface area contributed by atoms with E-state index in [9.17, 15) is 4.39 Å². The maximum Gasteiger partial charge on any atom is 0.177 e. The molecule has 2 atom stereocenters. The molecule has 3 aromatic heterocycles. The van der Waals surface area contributed by atoms with Gasteiger partial charge in [-0.15, -0.1) is 6.42 Å². The molecule has 130 valence electrons. The third-order valence-electron chi connectivity index (χ3n) is 3.87. The Morgan fingerprint density at radius 3 is 2.96 bits per heavy atom. The lowest BCUT2D eigenvalue weighted by molar-refractivity contribution is 0.296. The monoisotopic (exact) mass is 361 g/mol. The van der Waals surface area contributed by atoms with Crippen molar-refractivity contribution in [3.63, 3.8) is 0 Å². The molecule has 0 fully saturated rings. The van der Waals surface area contributed by atoms with Crippen LogP contribution >= 0.6 is 11.6 Å². The van der Waals surface area contributed by atoms with Crippen LogP contribution in [-0.2, 0) is 13.0 Å². The van der Waals surface area contributed by atoms with Gasteiger partial charge in [0.2, 0.25) is 0 Å². The molecule has 0 saturated heterocycles. The number of terminal acetylenes is 1. The summed E-state index contributed by atoms with van der Waals surface area (Å²) in [5, 5.41) is 3.45. The maximum absolute atomic E-state index is 13.4. The van der Waals surface area contributed by atoms with E-state index in [-0.39, 0.29) is 11.6 Å². The Labute approximate surface area is 149 Å². The predicted octanol–water partition coefficient (Wildman–Crippen LogP) is 3.90. The van der Waals surface area contributed by atoms with Crippen LogP contribution in [0.15, 0.2) is 33.3 Å². The molecule has 5 nitrogen and oxygen atoms in total. The number of rotatable bonds is 6. The second kappa shape index (κ2) is 7.18. The predicted molar refractivity (Wildman–Crippen MR) is 95.2 cm³/mol. The van der Waals surface area contributed by atoms with Gasteiger partial charge in [-0.2, -0.15) is 0 Å². The van der Waals surface area contributed by atoms with Crippen LogP contribution in [0.3, 0.4) is 0 Å². The highest BCUT2D eigenvalue weighted by atomic mass is 35.5. The van der Waals surface area contributed by atoms with Crippen LogP contribution < -0.4 is 11.1 Å². The number of nitrogens with one attached hydrogen (secondary N) is 1. The number of furan rings is 2. The summed E-state index contributed by atoms with van der Waals surface area (Å²) in [6.07, 6.45) is 6.17. The lowest BCUT2D eigenvalue weighted by Gasteiger charge is -2.10. The van der Waals surface area contributed by atoms with Gasteiger partial charge in [0.1, 0.15) is 28.4 Å². The minimum atomic E-state index is -1.19. The van der Waals surface area contributed by atoms with E-state index < -0.39 is 12.2 Å². The highest BCUT2D eigenvalue weighted by Gasteiger charge is 2.22. The molecule has 0 saturated carbocycles. The number of fused-ring (bicyclic) bond motifs is 1. The summed E-state index contributed by atoms with van der Waals surface area (Å²) >= 11 is 6.11. The molecule has 0 bridgehead atoms. The largest absolute Gasteiger partial charge is 0.467 e. The second-order valence-corrected chi connectivity index (χ2v) is 6.08. The zero-order valence-corrected chi connectivity index (χ0v) is 14.3. The Morgan fingerprint density at radius 2 is 2.32 bits per heavy atom. The van der Waals surface area contributed by atoms with E-state index >= 15 is 0 Å². The summed E-state index contributed by atoms with van der Waals surface area (Å²) in [7, 11) is 0. The van der Waals surface area contributed by atoms with E-state index in [0.29, 0.717) is 34.7 Å². The molecule has 0 spiro atoms. The number of anilines is 1. The van der Waals surface area contributed by atoms with Crippen molar-refractivity contribution >= 4 is 28.4 Å². The molecule has 3 rings (SSSR count). The van der Waals surface area contributed by atoms with Crippen molar-refractivity contribution in [2.24, 2.45) is 5.73 Å². The first-order valence-corrected chi connectivity index (χ1v) is 8.11. The van der Waals surface area contributed by atoms with Gasteiger partial charge in [-0.25, -0.2) is 9.37 Å². The number of nitrogens with zero attached hydrogens (tertiary/aromatic N) is 1. The molecule has 25 heavy (non-hydrogen) atoms. The van der Waals surface area contributed by atoms with Crippen molar-refractivity contribution in [1.29, 1.82) is 0 Å². The molecule has 0 radical (unpaired) electrons. The smallest absolute Gasteiger partial charge is 0.177 e. The molecular formula is C18H17ClFN3O2. The molecule has 3 heterocycles. The van der Waals surface area contributed by atoms with Crippen LogP contribution in [-0.4, -0.2) is 17.2 Å². The minimum absolute atomic E-state index is 0.169. The van der Waals surface area contributed by atoms with Gasteiger partial charge in [-0.3, -0.25) is 0 Å². The lowest BCUT2D eigenvalue weighted by Crippen LogP contribution is -2.31. The fraction of sp³-hybridized carbons (Fsp3) is 0.278. The Morgan fingerprint density at radius 1 is 1.52 bits per heavy atom. The van der Waals surface area contributed by atoms with Crippen LogP contribution in [0.2, 0.25) is 5.15 Å². The number of hydrogen-bond donors (Lipinski definition) is 2. The summed E-state index contributed by atoms with van der Waals surface area (Å²) in [6.45, 7) is 1.83. The maximum atomic E-state index is 13.4.